The molecule has 0 saturated heterocycles. The molecule has 0 unspecified atom stereocenters. The first kappa shape index (κ1) is 30.3. The summed E-state index contributed by atoms with van der Waals surface area (Å²) in [6, 6.07) is 26.2. The monoisotopic (exact) mass is 726 g/mol. The highest BCUT2D eigenvalue weighted by atomic mass is 79.9. The van der Waals surface area contributed by atoms with Crippen LogP contribution in [0.3, 0.4) is 0 Å². The van der Waals surface area contributed by atoms with Gasteiger partial charge < -0.3 is 0 Å². The molecule has 0 bridgehead atoms. The zero-order chi connectivity index (χ0) is 30.2. The van der Waals surface area contributed by atoms with E-state index in [1.165, 1.54) is 8.28 Å². The Morgan fingerprint density at radius 1 is 0.810 bits per heavy atom. The summed E-state index contributed by atoms with van der Waals surface area (Å²) < 4.78 is 59.2. The van der Waals surface area contributed by atoms with Gasteiger partial charge in [0.2, 0.25) is 0 Å². The Labute approximate surface area is 263 Å². The lowest BCUT2D eigenvalue weighted by Gasteiger charge is -2.26. The molecule has 10 heteroatoms. The van der Waals surface area contributed by atoms with Crippen molar-refractivity contribution < 1.29 is 16.8 Å². The predicted molar refractivity (Wildman–Crippen MR) is 177 cm³/mol. The van der Waals surface area contributed by atoms with Gasteiger partial charge in [0, 0.05) is 26.1 Å². The molecule has 0 atom stereocenters. The summed E-state index contributed by atoms with van der Waals surface area (Å²) in [4.78, 5) is 0.359. The van der Waals surface area contributed by atoms with Crippen molar-refractivity contribution in [3.8, 4) is 0 Å². The van der Waals surface area contributed by atoms with Crippen LogP contribution in [0.1, 0.15) is 22.3 Å². The average Bonchev–Trinajstić information content (AvgIpc) is 3.32. The third kappa shape index (κ3) is 5.99. The van der Waals surface area contributed by atoms with Crippen molar-refractivity contribution in [2.75, 3.05) is 10.8 Å². The molecule has 1 heterocycles. The van der Waals surface area contributed by atoms with E-state index in [-0.39, 0.29) is 16.3 Å². The molecule has 0 radical (unpaired) electrons. The highest BCUT2D eigenvalue weighted by Crippen LogP contribution is 2.33. The number of nitrogens with zero attached hydrogens (tertiary/aromatic N) is 2. The summed E-state index contributed by atoms with van der Waals surface area (Å²) >= 11 is 7.10. The molecule has 5 aromatic rings. The van der Waals surface area contributed by atoms with Crippen molar-refractivity contribution in [2.24, 2.45) is 0 Å². The number of sulfonamides is 1. The van der Waals surface area contributed by atoms with Gasteiger partial charge in [0.1, 0.15) is 0 Å². The fraction of sp³-hybridized carbons (Fsp3) is 0.125. The van der Waals surface area contributed by atoms with Crippen LogP contribution in [-0.2, 0) is 20.0 Å². The zero-order valence-electron chi connectivity index (χ0n) is 23.1. The number of rotatable bonds is 8. The molecule has 0 aliphatic rings. The number of hydrogen-bond acceptors (Lipinski definition) is 4. The highest BCUT2D eigenvalue weighted by molar-refractivity contribution is 9.11. The standard InChI is InChI=1S/C32H28Br2N2O4S2/c1-22-8-14-28(15-9-22)41(37,38)35-20-25(30-6-4-5-7-31(30)35)18-27(34)21-36(32-19-26(33)13-12-24(32)3)42(39,40)29-16-10-23(2)11-17-29/h4-20H,21H2,1-3H3/b27-18-. The Kier molecular flexibility index (Phi) is 8.53. The topological polar surface area (TPSA) is 76.5 Å². The van der Waals surface area contributed by atoms with E-state index in [0.29, 0.717) is 21.2 Å². The average molecular weight is 729 g/mol. The van der Waals surface area contributed by atoms with Crippen LogP contribution in [0.25, 0.3) is 17.0 Å². The Hall–Kier alpha value is -3.18. The smallest absolute Gasteiger partial charge is 0.261 e. The molecule has 0 saturated carbocycles. The minimum Gasteiger partial charge on any atom is -0.261 e. The van der Waals surface area contributed by atoms with E-state index in [4.69, 9.17) is 0 Å². The predicted octanol–water partition coefficient (Wildman–Crippen LogP) is 8.20. The largest absolute Gasteiger partial charge is 0.268 e. The van der Waals surface area contributed by atoms with Gasteiger partial charge in [0.05, 0.1) is 27.5 Å². The van der Waals surface area contributed by atoms with Crippen LogP contribution in [-0.4, -0.2) is 27.4 Å². The van der Waals surface area contributed by atoms with Gasteiger partial charge in [-0.25, -0.2) is 20.8 Å². The van der Waals surface area contributed by atoms with Gasteiger partial charge in [-0.1, -0.05) is 91.5 Å². The van der Waals surface area contributed by atoms with Gasteiger partial charge >= 0.3 is 0 Å². The maximum Gasteiger partial charge on any atom is 0.268 e. The van der Waals surface area contributed by atoms with Crippen LogP contribution in [0, 0.1) is 20.8 Å². The third-order valence-corrected chi connectivity index (χ3v) is 11.4. The van der Waals surface area contributed by atoms with Gasteiger partial charge in [-0.3, -0.25) is 4.31 Å². The van der Waals surface area contributed by atoms with Crippen molar-refractivity contribution in [3.63, 3.8) is 0 Å². The lowest BCUT2D eigenvalue weighted by Crippen LogP contribution is -2.32. The van der Waals surface area contributed by atoms with E-state index in [0.717, 1.165) is 26.5 Å². The second-order valence-corrected chi connectivity index (χ2v) is 15.7. The lowest BCUT2D eigenvalue weighted by atomic mass is 10.1. The van der Waals surface area contributed by atoms with Crippen LogP contribution in [0.4, 0.5) is 5.69 Å². The Balaban J connectivity index is 1.61. The number of para-hydroxylation sites is 1. The van der Waals surface area contributed by atoms with E-state index in [1.54, 1.807) is 79.0 Å². The number of anilines is 1. The van der Waals surface area contributed by atoms with E-state index in [1.807, 2.05) is 45.0 Å². The van der Waals surface area contributed by atoms with E-state index in [2.05, 4.69) is 31.9 Å². The van der Waals surface area contributed by atoms with Crippen LogP contribution in [0.15, 0.2) is 116 Å². The van der Waals surface area contributed by atoms with E-state index in [9.17, 15) is 16.8 Å². The van der Waals surface area contributed by atoms with Gasteiger partial charge in [-0.2, -0.15) is 0 Å². The minimum absolute atomic E-state index is 0.0161. The molecule has 0 fully saturated rings. The number of aromatic nitrogens is 1. The van der Waals surface area contributed by atoms with Crippen LogP contribution < -0.4 is 4.31 Å². The molecule has 0 amide bonds. The van der Waals surface area contributed by atoms with Gasteiger partial charge in [-0.05, 0) is 74.9 Å². The van der Waals surface area contributed by atoms with E-state index >= 15 is 0 Å². The fourth-order valence-corrected chi connectivity index (χ4v) is 8.54. The Morgan fingerprint density at radius 2 is 1.40 bits per heavy atom. The quantitative estimate of drug-likeness (QED) is 0.162. The number of fused-ring (bicyclic) bond motifs is 1. The molecular weight excluding hydrogens is 700 g/mol. The summed E-state index contributed by atoms with van der Waals surface area (Å²) in [5.74, 6) is 0. The molecule has 1 aromatic heterocycles. The normalized spacial score (nSPS) is 12.5. The number of hydrogen-bond donors (Lipinski definition) is 0. The minimum atomic E-state index is -3.96. The van der Waals surface area contributed by atoms with Gasteiger partial charge in [0.15, 0.2) is 0 Å². The molecule has 0 N–H and O–H groups in total. The summed E-state index contributed by atoms with van der Waals surface area (Å²) in [7, 11) is -7.83. The van der Waals surface area contributed by atoms with Crippen molar-refractivity contribution in [1.29, 1.82) is 0 Å². The maximum atomic E-state index is 14.0. The molecule has 0 aliphatic carbocycles. The first-order valence-corrected chi connectivity index (χ1v) is 17.5. The van der Waals surface area contributed by atoms with Crippen molar-refractivity contribution in [2.45, 2.75) is 30.6 Å². The highest BCUT2D eigenvalue weighted by Gasteiger charge is 2.27. The molecule has 0 spiro atoms. The zero-order valence-corrected chi connectivity index (χ0v) is 27.9. The fourth-order valence-electron chi connectivity index (χ4n) is 4.65. The molecule has 5 rings (SSSR count). The van der Waals surface area contributed by atoms with Crippen LogP contribution >= 0.6 is 31.9 Å². The molecule has 216 valence electrons. The Morgan fingerprint density at radius 3 is 2.05 bits per heavy atom. The maximum absolute atomic E-state index is 14.0. The van der Waals surface area contributed by atoms with Crippen molar-refractivity contribution in [3.05, 3.63) is 128 Å². The molecule has 0 aliphatic heterocycles. The first-order chi connectivity index (χ1) is 19.9. The summed E-state index contributed by atoms with van der Waals surface area (Å²) in [5.41, 5.74) is 4.39. The van der Waals surface area contributed by atoms with Crippen molar-refractivity contribution in [1.82, 2.24) is 3.97 Å². The van der Waals surface area contributed by atoms with Crippen molar-refractivity contribution >= 4 is 74.6 Å². The summed E-state index contributed by atoms with van der Waals surface area (Å²) in [5, 5.41) is 0.719. The molecular formula is C32H28Br2N2O4S2. The summed E-state index contributed by atoms with van der Waals surface area (Å²) in [6.07, 6.45) is 3.35. The molecule has 6 nitrogen and oxygen atoms in total. The SMILES string of the molecule is Cc1ccc(S(=O)(=O)N(C/C(Br)=C/c2cn(S(=O)(=O)c3ccc(C)cc3)c3ccccc23)c2cc(Br)ccc2C)cc1. The second kappa shape index (κ2) is 11.8. The number of halogens is 2. The first-order valence-electron chi connectivity index (χ1n) is 13.0. The third-order valence-electron chi connectivity index (χ3n) is 6.94. The number of aryl methyl sites for hydroxylation is 3. The van der Waals surface area contributed by atoms with Crippen LogP contribution in [0.5, 0.6) is 0 Å². The second-order valence-electron chi connectivity index (χ2n) is 10.1. The van der Waals surface area contributed by atoms with Gasteiger partial charge in [-0.15, -0.1) is 0 Å². The van der Waals surface area contributed by atoms with Gasteiger partial charge in [0.25, 0.3) is 20.0 Å². The summed E-state index contributed by atoms with van der Waals surface area (Å²) in [6.45, 7) is 5.65. The number of benzene rings is 4. The molecule has 4 aromatic carbocycles. The lowest BCUT2D eigenvalue weighted by molar-refractivity contribution is 0.588. The van der Waals surface area contributed by atoms with E-state index < -0.39 is 20.0 Å². The Bertz CT molecular complexity index is 2030. The van der Waals surface area contributed by atoms with Crippen LogP contribution in [0.2, 0.25) is 0 Å². The molecule has 42 heavy (non-hydrogen) atoms.